The average Bonchev–Trinajstić information content (AvgIpc) is 2.16. The number of aliphatic hydroxyl groups is 4. The topological polar surface area (TPSA) is 80.9 Å². The molecule has 4 heteroatoms. The maximum atomic E-state index is 8.89. The van der Waals surface area contributed by atoms with Gasteiger partial charge in [0.2, 0.25) is 0 Å². The molecule has 0 aromatic rings. The molecule has 100 valence electrons. The molecule has 0 fully saturated rings. The van der Waals surface area contributed by atoms with E-state index in [1.165, 1.54) is 0 Å². The lowest BCUT2D eigenvalue weighted by Gasteiger charge is -2.04. The predicted molar refractivity (Wildman–Crippen MR) is 65.2 cm³/mol. The van der Waals surface area contributed by atoms with Gasteiger partial charge in [0.05, 0.1) is 18.3 Å². The Hall–Kier alpha value is -0.160. The molecule has 0 saturated heterocycles. The van der Waals surface area contributed by atoms with Crippen molar-refractivity contribution in [1.29, 1.82) is 0 Å². The highest BCUT2D eigenvalue weighted by atomic mass is 16.3. The Labute approximate surface area is 98.9 Å². The molecule has 3 atom stereocenters. The Kier molecular flexibility index (Phi) is 14.7. The zero-order chi connectivity index (χ0) is 13.0. The summed E-state index contributed by atoms with van der Waals surface area (Å²) in [6, 6.07) is 0. The molecule has 0 aliphatic carbocycles. The second-order valence-electron chi connectivity index (χ2n) is 4.23. The van der Waals surface area contributed by atoms with Gasteiger partial charge in [0, 0.05) is 6.61 Å². The van der Waals surface area contributed by atoms with Crippen molar-refractivity contribution in [1.82, 2.24) is 0 Å². The molecule has 0 amide bonds. The van der Waals surface area contributed by atoms with Gasteiger partial charge in [0.15, 0.2) is 0 Å². The zero-order valence-electron chi connectivity index (χ0n) is 10.8. The number of hydrogen-bond acceptors (Lipinski definition) is 4. The van der Waals surface area contributed by atoms with Crippen LogP contribution < -0.4 is 0 Å². The molecule has 3 unspecified atom stereocenters. The second-order valence-corrected chi connectivity index (χ2v) is 4.23. The van der Waals surface area contributed by atoms with Gasteiger partial charge in [-0.1, -0.05) is 13.3 Å². The third-order valence-electron chi connectivity index (χ3n) is 2.09. The minimum atomic E-state index is -0.287. The third kappa shape index (κ3) is 19.4. The van der Waals surface area contributed by atoms with Crippen molar-refractivity contribution in [2.24, 2.45) is 0 Å². The first kappa shape index (κ1) is 18.2. The van der Waals surface area contributed by atoms with Gasteiger partial charge in [-0.15, -0.1) is 0 Å². The van der Waals surface area contributed by atoms with Crippen molar-refractivity contribution in [2.75, 3.05) is 6.61 Å². The maximum absolute atomic E-state index is 8.89. The van der Waals surface area contributed by atoms with Crippen LogP contribution in [0.2, 0.25) is 0 Å². The van der Waals surface area contributed by atoms with Crippen molar-refractivity contribution in [3.05, 3.63) is 0 Å². The standard InChI is InChI=1S/2C6H14O2/c1-5(7)3-4-6(2)8;1-2-3-6(8)4-5-7/h5-8H,3-4H2,1-2H3;6-8H,2-5H2,1H3. The highest BCUT2D eigenvalue weighted by Gasteiger charge is 1.99. The SMILES string of the molecule is CC(O)CCC(C)O.CCCC(O)CCO. The van der Waals surface area contributed by atoms with E-state index >= 15 is 0 Å². The molecule has 0 aromatic heterocycles. The first-order chi connectivity index (χ1) is 7.43. The quantitative estimate of drug-likeness (QED) is 0.533. The summed E-state index contributed by atoms with van der Waals surface area (Å²) < 4.78 is 0. The fourth-order valence-electron chi connectivity index (χ4n) is 1.11. The van der Waals surface area contributed by atoms with E-state index in [2.05, 4.69) is 0 Å². The molecule has 0 radical (unpaired) electrons. The fourth-order valence-corrected chi connectivity index (χ4v) is 1.11. The van der Waals surface area contributed by atoms with Gasteiger partial charge >= 0.3 is 0 Å². The summed E-state index contributed by atoms with van der Waals surface area (Å²) in [5, 5.41) is 34.6. The molecule has 4 N–H and O–H groups in total. The molecule has 0 spiro atoms. The monoisotopic (exact) mass is 236 g/mol. The van der Waals surface area contributed by atoms with Crippen LogP contribution >= 0.6 is 0 Å². The predicted octanol–water partition coefficient (Wildman–Crippen LogP) is 1.06. The van der Waals surface area contributed by atoms with E-state index in [0.717, 1.165) is 12.8 Å². The summed E-state index contributed by atoms with van der Waals surface area (Å²) in [6.07, 6.45) is 2.87. The number of aliphatic hydroxyl groups excluding tert-OH is 4. The smallest absolute Gasteiger partial charge is 0.0562 e. The fraction of sp³-hybridized carbons (Fsp3) is 1.00. The molecule has 0 rings (SSSR count). The van der Waals surface area contributed by atoms with Crippen molar-refractivity contribution < 1.29 is 20.4 Å². The van der Waals surface area contributed by atoms with Gasteiger partial charge < -0.3 is 20.4 Å². The summed E-state index contributed by atoms with van der Waals surface area (Å²) in [4.78, 5) is 0. The highest BCUT2D eigenvalue weighted by Crippen LogP contribution is 1.99. The van der Waals surface area contributed by atoms with Crippen LogP contribution in [0.5, 0.6) is 0 Å². The van der Waals surface area contributed by atoms with Crippen LogP contribution in [0, 0.1) is 0 Å². The normalized spacial score (nSPS) is 15.9. The molecule has 0 aliphatic heterocycles. The summed E-state index contributed by atoms with van der Waals surface area (Å²) in [5.41, 5.74) is 0. The van der Waals surface area contributed by atoms with Crippen molar-refractivity contribution in [3.63, 3.8) is 0 Å². The van der Waals surface area contributed by atoms with Crippen LogP contribution in [0.3, 0.4) is 0 Å². The lowest BCUT2D eigenvalue weighted by atomic mass is 10.1. The van der Waals surface area contributed by atoms with Crippen LogP contribution in [-0.2, 0) is 0 Å². The Morgan fingerprint density at radius 1 is 0.812 bits per heavy atom. The lowest BCUT2D eigenvalue weighted by Crippen LogP contribution is -2.07. The average molecular weight is 236 g/mol. The van der Waals surface area contributed by atoms with Crippen LogP contribution in [0.4, 0.5) is 0 Å². The van der Waals surface area contributed by atoms with E-state index in [0.29, 0.717) is 19.3 Å². The van der Waals surface area contributed by atoms with Crippen molar-refractivity contribution in [2.45, 2.75) is 71.2 Å². The van der Waals surface area contributed by atoms with Gasteiger partial charge in [-0.25, -0.2) is 0 Å². The van der Waals surface area contributed by atoms with Gasteiger partial charge in [0.25, 0.3) is 0 Å². The Bertz CT molecular complexity index is 112. The van der Waals surface area contributed by atoms with E-state index in [-0.39, 0.29) is 24.9 Å². The first-order valence-corrected chi connectivity index (χ1v) is 6.09. The molecule has 0 aromatic carbocycles. The molecule has 0 bridgehead atoms. The summed E-state index contributed by atoms with van der Waals surface area (Å²) in [6.45, 7) is 5.56. The number of hydrogen-bond donors (Lipinski definition) is 4. The van der Waals surface area contributed by atoms with Gasteiger partial charge in [-0.3, -0.25) is 0 Å². The van der Waals surface area contributed by atoms with Gasteiger partial charge in [-0.05, 0) is 39.5 Å². The van der Waals surface area contributed by atoms with E-state index in [1.807, 2.05) is 6.92 Å². The second kappa shape index (κ2) is 12.9. The Morgan fingerprint density at radius 2 is 1.25 bits per heavy atom. The molecule has 16 heavy (non-hydrogen) atoms. The first-order valence-electron chi connectivity index (χ1n) is 6.09. The van der Waals surface area contributed by atoms with E-state index in [4.69, 9.17) is 20.4 Å². The van der Waals surface area contributed by atoms with E-state index in [1.54, 1.807) is 13.8 Å². The Balaban J connectivity index is 0. The van der Waals surface area contributed by atoms with Crippen LogP contribution in [0.25, 0.3) is 0 Å². The van der Waals surface area contributed by atoms with Crippen molar-refractivity contribution >= 4 is 0 Å². The molecule has 4 nitrogen and oxygen atoms in total. The minimum Gasteiger partial charge on any atom is -0.396 e. The molecule has 0 aliphatic rings. The van der Waals surface area contributed by atoms with Crippen LogP contribution in [-0.4, -0.2) is 45.3 Å². The largest absolute Gasteiger partial charge is 0.396 e. The van der Waals surface area contributed by atoms with Crippen molar-refractivity contribution in [3.8, 4) is 0 Å². The van der Waals surface area contributed by atoms with E-state index in [9.17, 15) is 0 Å². The zero-order valence-corrected chi connectivity index (χ0v) is 10.8. The van der Waals surface area contributed by atoms with Crippen LogP contribution in [0.1, 0.15) is 52.9 Å². The summed E-state index contributed by atoms with van der Waals surface area (Å²) in [7, 11) is 0. The molecular formula is C12H28O4. The minimum absolute atomic E-state index is 0.0984. The molecular weight excluding hydrogens is 208 g/mol. The summed E-state index contributed by atoms with van der Waals surface area (Å²) in [5.74, 6) is 0. The molecule has 0 heterocycles. The van der Waals surface area contributed by atoms with Gasteiger partial charge in [0.1, 0.15) is 0 Å². The van der Waals surface area contributed by atoms with E-state index < -0.39 is 0 Å². The van der Waals surface area contributed by atoms with Crippen LogP contribution in [0.15, 0.2) is 0 Å². The highest BCUT2D eigenvalue weighted by molar-refractivity contribution is 4.51. The lowest BCUT2D eigenvalue weighted by molar-refractivity contribution is 0.124. The Morgan fingerprint density at radius 3 is 1.50 bits per heavy atom. The van der Waals surface area contributed by atoms with Gasteiger partial charge in [-0.2, -0.15) is 0 Å². The molecule has 0 saturated carbocycles. The maximum Gasteiger partial charge on any atom is 0.0562 e. The number of rotatable bonds is 7. The third-order valence-corrected chi connectivity index (χ3v) is 2.09. The summed E-state index contributed by atoms with van der Waals surface area (Å²) >= 11 is 0.